The van der Waals surface area contributed by atoms with Gasteiger partial charge in [0, 0.05) is 0 Å². The summed E-state index contributed by atoms with van der Waals surface area (Å²) >= 11 is 1.46. The van der Waals surface area contributed by atoms with Crippen LogP contribution in [0, 0.1) is 0 Å². The molecule has 1 atom stereocenters. The Hall–Kier alpha value is -1.50. The van der Waals surface area contributed by atoms with Gasteiger partial charge in [-0.05, 0) is 12.7 Å². The molecular formula is C10H15N3O3S. The van der Waals surface area contributed by atoms with Crippen LogP contribution in [0.3, 0.4) is 0 Å². The number of nitrogens with zero attached hydrogens (tertiary/aromatic N) is 1. The van der Waals surface area contributed by atoms with Gasteiger partial charge in [0.05, 0.1) is 24.2 Å². The Morgan fingerprint density at radius 1 is 1.65 bits per heavy atom. The molecule has 0 saturated carbocycles. The Kier molecular flexibility index (Phi) is 5.02. The molecule has 0 aliphatic rings. The average Bonchev–Trinajstić information content (AvgIpc) is 2.77. The summed E-state index contributed by atoms with van der Waals surface area (Å²) in [4.78, 5) is 23.1. The first-order chi connectivity index (χ1) is 8.13. The molecule has 1 aromatic rings. The predicted molar refractivity (Wildman–Crippen MR) is 66.2 cm³/mol. The van der Waals surface area contributed by atoms with Crippen LogP contribution in [0.1, 0.15) is 23.8 Å². The molecule has 0 radical (unpaired) electrons. The van der Waals surface area contributed by atoms with Crippen LogP contribution < -0.4 is 5.32 Å². The minimum atomic E-state index is -0.560. The minimum Gasteiger partial charge on any atom is -0.464 e. The molecule has 0 aliphatic heterocycles. The highest BCUT2D eigenvalue weighted by Gasteiger charge is 2.20. The van der Waals surface area contributed by atoms with Crippen LogP contribution in [-0.4, -0.2) is 40.7 Å². The molecule has 1 aromatic heterocycles. The SMILES string of the molecule is CC[C@H](SC)C(=O)Nc1cn[nH]c1C(=O)OC. The number of anilines is 1. The van der Waals surface area contributed by atoms with E-state index in [9.17, 15) is 9.59 Å². The predicted octanol–water partition coefficient (Wildman–Crippen LogP) is 1.28. The van der Waals surface area contributed by atoms with Crippen molar-refractivity contribution in [2.75, 3.05) is 18.7 Å². The third kappa shape index (κ3) is 3.23. The second-order valence-corrected chi connectivity index (χ2v) is 4.31. The van der Waals surface area contributed by atoms with Crippen LogP contribution >= 0.6 is 11.8 Å². The topological polar surface area (TPSA) is 84.1 Å². The van der Waals surface area contributed by atoms with E-state index < -0.39 is 5.97 Å². The zero-order valence-corrected chi connectivity index (χ0v) is 10.8. The Morgan fingerprint density at radius 3 is 2.88 bits per heavy atom. The van der Waals surface area contributed by atoms with Gasteiger partial charge in [0.2, 0.25) is 5.91 Å². The van der Waals surface area contributed by atoms with E-state index in [1.807, 2.05) is 13.2 Å². The second-order valence-electron chi connectivity index (χ2n) is 3.27. The van der Waals surface area contributed by atoms with Crippen molar-refractivity contribution in [3.05, 3.63) is 11.9 Å². The quantitative estimate of drug-likeness (QED) is 0.776. The lowest BCUT2D eigenvalue weighted by Crippen LogP contribution is -2.25. The lowest BCUT2D eigenvalue weighted by atomic mass is 10.3. The number of amides is 1. The van der Waals surface area contributed by atoms with Crippen molar-refractivity contribution in [1.29, 1.82) is 0 Å². The summed E-state index contributed by atoms with van der Waals surface area (Å²) in [6, 6.07) is 0. The van der Waals surface area contributed by atoms with Crippen molar-refractivity contribution < 1.29 is 14.3 Å². The fourth-order valence-corrected chi connectivity index (χ4v) is 1.92. The molecule has 0 bridgehead atoms. The summed E-state index contributed by atoms with van der Waals surface area (Å²) in [5.41, 5.74) is 0.492. The van der Waals surface area contributed by atoms with Crippen molar-refractivity contribution >= 4 is 29.3 Å². The van der Waals surface area contributed by atoms with E-state index in [0.717, 1.165) is 6.42 Å². The molecule has 94 valence electrons. The lowest BCUT2D eigenvalue weighted by Gasteiger charge is -2.11. The Balaban J connectivity index is 2.78. The summed E-state index contributed by atoms with van der Waals surface area (Å²) in [7, 11) is 1.27. The van der Waals surface area contributed by atoms with Crippen LogP contribution in [0.4, 0.5) is 5.69 Å². The fraction of sp³-hybridized carbons (Fsp3) is 0.500. The number of aromatic amines is 1. The maximum Gasteiger partial charge on any atom is 0.358 e. The molecule has 7 heteroatoms. The van der Waals surface area contributed by atoms with Gasteiger partial charge in [-0.2, -0.15) is 16.9 Å². The molecule has 0 aromatic carbocycles. The number of carbonyl (C=O) groups excluding carboxylic acids is 2. The number of rotatable bonds is 5. The molecule has 2 N–H and O–H groups in total. The second kappa shape index (κ2) is 6.29. The number of aromatic nitrogens is 2. The molecule has 1 amide bonds. The van der Waals surface area contributed by atoms with Crippen LogP contribution in [0.2, 0.25) is 0 Å². The number of methoxy groups -OCH3 is 1. The van der Waals surface area contributed by atoms with Crippen molar-refractivity contribution in [3.8, 4) is 0 Å². The van der Waals surface area contributed by atoms with Gasteiger partial charge in [-0.3, -0.25) is 9.89 Å². The minimum absolute atomic E-state index is 0.143. The highest BCUT2D eigenvalue weighted by atomic mass is 32.2. The fourth-order valence-electron chi connectivity index (χ4n) is 1.31. The van der Waals surface area contributed by atoms with Gasteiger partial charge < -0.3 is 10.1 Å². The Bertz CT molecular complexity index is 401. The van der Waals surface area contributed by atoms with E-state index in [0.29, 0.717) is 5.69 Å². The molecule has 0 unspecified atom stereocenters. The first-order valence-electron chi connectivity index (χ1n) is 5.09. The number of ether oxygens (including phenoxy) is 1. The van der Waals surface area contributed by atoms with Gasteiger partial charge in [0.15, 0.2) is 5.69 Å². The molecule has 0 spiro atoms. The Morgan fingerprint density at radius 2 is 2.35 bits per heavy atom. The standard InChI is InChI=1S/C10H15N3O3S/c1-4-7(17-3)9(14)12-6-5-11-13-8(6)10(15)16-2/h5,7H,4H2,1-3H3,(H,11,13)(H,12,14)/t7-/m0/s1. The van der Waals surface area contributed by atoms with Crippen molar-refractivity contribution in [2.45, 2.75) is 18.6 Å². The van der Waals surface area contributed by atoms with Gasteiger partial charge in [-0.15, -0.1) is 0 Å². The number of carbonyl (C=O) groups is 2. The lowest BCUT2D eigenvalue weighted by molar-refractivity contribution is -0.115. The van der Waals surface area contributed by atoms with E-state index >= 15 is 0 Å². The Labute approximate surface area is 103 Å². The molecule has 6 nitrogen and oxygen atoms in total. The molecule has 0 fully saturated rings. The normalized spacial score (nSPS) is 11.9. The molecule has 1 heterocycles. The number of hydrogen-bond acceptors (Lipinski definition) is 5. The van der Waals surface area contributed by atoms with Crippen molar-refractivity contribution in [3.63, 3.8) is 0 Å². The first kappa shape index (κ1) is 13.6. The largest absolute Gasteiger partial charge is 0.464 e. The maximum atomic E-state index is 11.8. The van der Waals surface area contributed by atoms with Crippen molar-refractivity contribution in [1.82, 2.24) is 10.2 Å². The third-order valence-electron chi connectivity index (χ3n) is 2.23. The summed E-state index contributed by atoms with van der Waals surface area (Å²) in [6.07, 6.45) is 3.97. The smallest absolute Gasteiger partial charge is 0.358 e. The number of thioether (sulfide) groups is 1. The average molecular weight is 257 g/mol. The van der Waals surface area contributed by atoms with Crippen molar-refractivity contribution in [2.24, 2.45) is 0 Å². The molecular weight excluding hydrogens is 242 g/mol. The first-order valence-corrected chi connectivity index (χ1v) is 6.38. The highest BCUT2D eigenvalue weighted by molar-refractivity contribution is 7.99. The number of H-pyrrole nitrogens is 1. The van der Waals surface area contributed by atoms with Gasteiger partial charge in [-0.1, -0.05) is 6.92 Å². The molecule has 0 aliphatic carbocycles. The van der Waals surface area contributed by atoms with Crippen LogP contribution in [-0.2, 0) is 9.53 Å². The van der Waals surface area contributed by atoms with Crippen LogP contribution in [0.25, 0.3) is 0 Å². The van der Waals surface area contributed by atoms with E-state index in [2.05, 4.69) is 20.3 Å². The summed E-state index contributed by atoms with van der Waals surface area (Å²) in [5.74, 6) is -0.707. The van der Waals surface area contributed by atoms with E-state index in [1.165, 1.54) is 25.1 Å². The molecule has 1 rings (SSSR count). The molecule has 0 saturated heterocycles. The molecule has 17 heavy (non-hydrogen) atoms. The third-order valence-corrected chi connectivity index (χ3v) is 3.35. The van der Waals surface area contributed by atoms with E-state index in [4.69, 9.17) is 0 Å². The van der Waals surface area contributed by atoms with Gasteiger partial charge >= 0.3 is 5.97 Å². The van der Waals surface area contributed by atoms with Gasteiger partial charge in [0.25, 0.3) is 0 Å². The monoisotopic (exact) mass is 257 g/mol. The number of hydrogen-bond donors (Lipinski definition) is 2. The summed E-state index contributed by atoms with van der Waals surface area (Å²) in [5, 5.41) is 8.71. The number of nitrogens with one attached hydrogen (secondary N) is 2. The highest BCUT2D eigenvalue weighted by Crippen LogP contribution is 2.17. The summed E-state index contributed by atoms with van der Waals surface area (Å²) < 4.78 is 4.56. The van der Waals surface area contributed by atoms with E-state index in [-0.39, 0.29) is 16.9 Å². The van der Waals surface area contributed by atoms with E-state index in [1.54, 1.807) is 0 Å². The van der Waals surface area contributed by atoms with Crippen LogP contribution in [0.15, 0.2) is 6.20 Å². The van der Waals surface area contributed by atoms with Gasteiger partial charge in [-0.25, -0.2) is 4.79 Å². The number of esters is 1. The summed E-state index contributed by atoms with van der Waals surface area (Å²) in [6.45, 7) is 1.93. The zero-order valence-electron chi connectivity index (χ0n) is 9.94. The van der Waals surface area contributed by atoms with Gasteiger partial charge in [0.1, 0.15) is 0 Å². The zero-order chi connectivity index (χ0) is 12.8. The maximum absolute atomic E-state index is 11.8. The van der Waals surface area contributed by atoms with Crippen LogP contribution in [0.5, 0.6) is 0 Å².